The van der Waals surface area contributed by atoms with E-state index in [4.69, 9.17) is 9.63 Å². The third-order valence-electron chi connectivity index (χ3n) is 2.33. The van der Waals surface area contributed by atoms with Crippen LogP contribution in [0.1, 0.15) is 32.4 Å². The van der Waals surface area contributed by atoms with Crippen molar-refractivity contribution >= 4 is 12.0 Å². The SMILES string of the molecule is CC(C)(CCC(=O)O)NC(=O)NCc1ccno1. The van der Waals surface area contributed by atoms with Crippen molar-refractivity contribution in [3.63, 3.8) is 0 Å². The molecule has 0 aromatic carbocycles. The van der Waals surface area contributed by atoms with Crippen LogP contribution in [0, 0.1) is 0 Å². The Morgan fingerprint density at radius 2 is 2.22 bits per heavy atom. The third kappa shape index (κ3) is 5.33. The number of hydrogen-bond acceptors (Lipinski definition) is 4. The maximum atomic E-state index is 11.6. The van der Waals surface area contributed by atoms with Gasteiger partial charge in [0.05, 0.1) is 12.7 Å². The third-order valence-corrected chi connectivity index (χ3v) is 2.33. The molecule has 1 aromatic rings. The fourth-order valence-corrected chi connectivity index (χ4v) is 1.33. The lowest BCUT2D eigenvalue weighted by molar-refractivity contribution is -0.137. The smallest absolute Gasteiger partial charge is 0.315 e. The summed E-state index contributed by atoms with van der Waals surface area (Å²) in [4.78, 5) is 22.0. The fourth-order valence-electron chi connectivity index (χ4n) is 1.33. The Kier molecular flexibility index (Phi) is 4.70. The number of carbonyl (C=O) groups excluding carboxylic acids is 1. The molecule has 2 amide bonds. The molecule has 0 saturated heterocycles. The van der Waals surface area contributed by atoms with Crippen LogP contribution >= 0.6 is 0 Å². The van der Waals surface area contributed by atoms with Crippen molar-refractivity contribution in [2.75, 3.05) is 0 Å². The molecule has 0 radical (unpaired) electrons. The van der Waals surface area contributed by atoms with Gasteiger partial charge in [-0.05, 0) is 20.3 Å². The summed E-state index contributed by atoms with van der Waals surface area (Å²) in [5.74, 6) is -0.333. The van der Waals surface area contributed by atoms with Gasteiger partial charge in [-0.2, -0.15) is 0 Å². The molecule has 7 heteroatoms. The second kappa shape index (κ2) is 6.04. The molecule has 0 unspecified atom stereocenters. The molecule has 7 nitrogen and oxygen atoms in total. The molecule has 1 aromatic heterocycles. The van der Waals surface area contributed by atoms with E-state index in [1.165, 1.54) is 6.20 Å². The van der Waals surface area contributed by atoms with Gasteiger partial charge in [0, 0.05) is 18.0 Å². The highest BCUT2D eigenvalue weighted by atomic mass is 16.5. The Balaban J connectivity index is 2.31. The van der Waals surface area contributed by atoms with Crippen LogP contribution in [-0.4, -0.2) is 27.8 Å². The van der Waals surface area contributed by atoms with Crippen LogP contribution in [-0.2, 0) is 11.3 Å². The highest BCUT2D eigenvalue weighted by Gasteiger charge is 2.21. The Morgan fingerprint density at radius 3 is 2.78 bits per heavy atom. The molecule has 0 aliphatic rings. The van der Waals surface area contributed by atoms with Crippen molar-refractivity contribution < 1.29 is 19.2 Å². The number of carboxylic acids is 1. The summed E-state index contributed by atoms with van der Waals surface area (Å²) in [6, 6.07) is 1.28. The highest BCUT2D eigenvalue weighted by molar-refractivity contribution is 5.74. The van der Waals surface area contributed by atoms with Crippen molar-refractivity contribution in [1.82, 2.24) is 15.8 Å². The molecule has 1 rings (SSSR count). The van der Waals surface area contributed by atoms with E-state index in [9.17, 15) is 9.59 Å². The van der Waals surface area contributed by atoms with Crippen molar-refractivity contribution in [1.29, 1.82) is 0 Å². The number of hydrogen-bond donors (Lipinski definition) is 3. The monoisotopic (exact) mass is 255 g/mol. The first kappa shape index (κ1) is 14.0. The predicted molar refractivity (Wildman–Crippen MR) is 62.8 cm³/mol. The zero-order valence-corrected chi connectivity index (χ0v) is 10.4. The number of rotatable bonds is 6. The number of carbonyl (C=O) groups is 2. The number of nitrogens with one attached hydrogen (secondary N) is 2. The van der Waals surface area contributed by atoms with Gasteiger partial charge >= 0.3 is 12.0 Å². The number of carboxylic acid groups (broad SMARTS) is 1. The van der Waals surface area contributed by atoms with Gasteiger partial charge in [-0.1, -0.05) is 5.16 Å². The Hall–Kier alpha value is -2.05. The minimum atomic E-state index is -0.882. The molecule has 0 atom stereocenters. The van der Waals surface area contributed by atoms with E-state index in [1.54, 1.807) is 19.9 Å². The molecular weight excluding hydrogens is 238 g/mol. The molecule has 0 bridgehead atoms. The van der Waals surface area contributed by atoms with Crippen LogP contribution in [0.25, 0.3) is 0 Å². The van der Waals surface area contributed by atoms with Gasteiger partial charge in [0.2, 0.25) is 0 Å². The standard InChI is InChI=1S/C11H17N3O4/c1-11(2,5-3-9(15)16)14-10(17)12-7-8-4-6-13-18-8/h4,6H,3,5,7H2,1-2H3,(H,15,16)(H2,12,14,17). The van der Waals surface area contributed by atoms with E-state index in [0.717, 1.165) is 0 Å². The summed E-state index contributed by atoms with van der Waals surface area (Å²) in [5.41, 5.74) is -0.579. The number of aliphatic carboxylic acids is 1. The van der Waals surface area contributed by atoms with Crippen LogP contribution in [0.3, 0.4) is 0 Å². The summed E-state index contributed by atoms with van der Waals surface area (Å²) >= 11 is 0. The van der Waals surface area contributed by atoms with Crippen LogP contribution in [0.2, 0.25) is 0 Å². The molecular formula is C11H17N3O4. The molecule has 0 spiro atoms. The molecule has 0 aliphatic heterocycles. The number of amides is 2. The van der Waals surface area contributed by atoms with E-state index >= 15 is 0 Å². The second-order valence-corrected chi connectivity index (χ2v) is 4.56. The zero-order valence-electron chi connectivity index (χ0n) is 10.4. The van der Waals surface area contributed by atoms with Crippen molar-refractivity contribution in [2.24, 2.45) is 0 Å². The average Bonchev–Trinajstić information content (AvgIpc) is 2.76. The summed E-state index contributed by atoms with van der Waals surface area (Å²) in [6.07, 6.45) is 1.86. The summed E-state index contributed by atoms with van der Waals surface area (Å²) in [7, 11) is 0. The maximum absolute atomic E-state index is 11.6. The lowest BCUT2D eigenvalue weighted by Crippen LogP contribution is -2.48. The van der Waals surface area contributed by atoms with E-state index in [-0.39, 0.29) is 19.0 Å². The van der Waals surface area contributed by atoms with E-state index < -0.39 is 11.5 Å². The molecule has 0 fully saturated rings. The van der Waals surface area contributed by atoms with E-state index in [1.807, 2.05) is 0 Å². The second-order valence-electron chi connectivity index (χ2n) is 4.56. The summed E-state index contributed by atoms with van der Waals surface area (Å²) in [6.45, 7) is 3.77. The Bertz CT molecular complexity index is 400. The van der Waals surface area contributed by atoms with Crippen molar-refractivity contribution in [3.8, 4) is 0 Å². The molecule has 100 valence electrons. The van der Waals surface area contributed by atoms with Gasteiger partial charge in [-0.15, -0.1) is 0 Å². The highest BCUT2D eigenvalue weighted by Crippen LogP contribution is 2.10. The quantitative estimate of drug-likeness (QED) is 0.706. The van der Waals surface area contributed by atoms with Crippen LogP contribution in [0.5, 0.6) is 0 Å². The molecule has 0 aliphatic carbocycles. The topological polar surface area (TPSA) is 104 Å². The Morgan fingerprint density at radius 1 is 1.50 bits per heavy atom. The molecule has 0 saturated carbocycles. The van der Waals surface area contributed by atoms with E-state index in [2.05, 4.69) is 15.8 Å². The molecule has 1 heterocycles. The molecule has 3 N–H and O–H groups in total. The predicted octanol–water partition coefficient (Wildman–Crippen LogP) is 1.12. The largest absolute Gasteiger partial charge is 0.481 e. The normalized spacial score (nSPS) is 11.0. The first-order valence-electron chi connectivity index (χ1n) is 5.56. The van der Waals surface area contributed by atoms with Gasteiger partial charge in [-0.25, -0.2) is 4.79 Å². The first-order chi connectivity index (χ1) is 8.39. The van der Waals surface area contributed by atoms with Gasteiger partial charge in [0.1, 0.15) is 0 Å². The lowest BCUT2D eigenvalue weighted by Gasteiger charge is -2.25. The van der Waals surface area contributed by atoms with Gasteiger partial charge in [0.25, 0.3) is 0 Å². The number of nitrogens with zero attached hydrogens (tertiary/aromatic N) is 1. The van der Waals surface area contributed by atoms with Crippen molar-refractivity contribution in [3.05, 3.63) is 18.0 Å². The minimum Gasteiger partial charge on any atom is -0.481 e. The summed E-state index contributed by atoms with van der Waals surface area (Å²) < 4.78 is 4.82. The van der Waals surface area contributed by atoms with E-state index in [0.29, 0.717) is 12.2 Å². The van der Waals surface area contributed by atoms with Crippen molar-refractivity contribution in [2.45, 2.75) is 38.8 Å². The van der Waals surface area contributed by atoms with Gasteiger partial charge in [-0.3, -0.25) is 4.79 Å². The minimum absolute atomic E-state index is 0.00931. The Labute approximate surface area is 105 Å². The first-order valence-corrected chi connectivity index (χ1v) is 5.56. The van der Waals surface area contributed by atoms with Crippen LogP contribution in [0.15, 0.2) is 16.8 Å². The number of urea groups is 1. The van der Waals surface area contributed by atoms with Crippen LogP contribution < -0.4 is 10.6 Å². The maximum Gasteiger partial charge on any atom is 0.315 e. The molecule has 18 heavy (non-hydrogen) atoms. The van der Waals surface area contributed by atoms with Crippen LogP contribution in [0.4, 0.5) is 4.79 Å². The summed E-state index contributed by atoms with van der Waals surface area (Å²) in [5, 5.41) is 17.4. The average molecular weight is 255 g/mol. The van der Waals surface area contributed by atoms with Gasteiger partial charge in [0.15, 0.2) is 5.76 Å². The zero-order chi connectivity index (χ0) is 13.6. The number of aromatic nitrogens is 1. The lowest BCUT2D eigenvalue weighted by atomic mass is 9.99. The fraction of sp³-hybridized carbons (Fsp3) is 0.545. The van der Waals surface area contributed by atoms with Gasteiger partial charge < -0.3 is 20.3 Å².